The number of hydrogen-bond acceptors (Lipinski definition) is 6. The SMILES string of the molecule is CCCCN/C(C#N)=C/Nc1cccc(OC)c1S(=O)(=O)C(C)C. The summed E-state index contributed by atoms with van der Waals surface area (Å²) in [6, 6.07) is 7.00. The molecule has 0 saturated heterocycles. The molecule has 0 atom stereocenters. The molecule has 132 valence electrons. The molecule has 0 radical (unpaired) electrons. The van der Waals surface area contributed by atoms with Crippen molar-refractivity contribution in [1.82, 2.24) is 5.32 Å². The highest BCUT2D eigenvalue weighted by atomic mass is 32.2. The van der Waals surface area contributed by atoms with Gasteiger partial charge in [-0.2, -0.15) is 5.26 Å². The Morgan fingerprint density at radius 3 is 2.67 bits per heavy atom. The van der Waals surface area contributed by atoms with Gasteiger partial charge in [0.2, 0.25) is 0 Å². The minimum atomic E-state index is -3.55. The molecule has 0 fully saturated rings. The fraction of sp³-hybridized carbons (Fsp3) is 0.471. The van der Waals surface area contributed by atoms with Crippen LogP contribution in [0.3, 0.4) is 0 Å². The molecule has 7 heteroatoms. The topological polar surface area (TPSA) is 91.2 Å². The molecule has 1 rings (SSSR count). The number of nitriles is 1. The maximum atomic E-state index is 12.6. The number of ether oxygens (including phenoxy) is 1. The number of allylic oxidation sites excluding steroid dienone is 1. The lowest BCUT2D eigenvalue weighted by Gasteiger charge is -2.16. The maximum Gasteiger partial charge on any atom is 0.186 e. The van der Waals surface area contributed by atoms with Gasteiger partial charge < -0.3 is 15.4 Å². The van der Waals surface area contributed by atoms with Gasteiger partial charge in [-0.15, -0.1) is 0 Å². The summed E-state index contributed by atoms with van der Waals surface area (Å²) in [6.07, 6.45) is 3.45. The number of methoxy groups -OCH3 is 1. The quantitative estimate of drug-likeness (QED) is 0.525. The van der Waals surface area contributed by atoms with E-state index in [0.717, 1.165) is 12.8 Å². The van der Waals surface area contributed by atoms with Crippen molar-refractivity contribution in [2.45, 2.75) is 43.8 Å². The second-order valence-electron chi connectivity index (χ2n) is 5.53. The second kappa shape index (κ2) is 9.18. The number of unbranched alkanes of at least 4 members (excludes halogenated alkanes) is 1. The van der Waals surface area contributed by atoms with Crippen molar-refractivity contribution in [2.75, 3.05) is 19.0 Å². The van der Waals surface area contributed by atoms with Gasteiger partial charge in [-0.05, 0) is 32.4 Å². The molecule has 0 amide bonds. The van der Waals surface area contributed by atoms with Gasteiger partial charge >= 0.3 is 0 Å². The highest BCUT2D eigenvalue weighted by Gasteiger charge is 2.26. The van der Waals surface area contributed by atoms with Gasteiger partial charge in [0.25, 0.3) is 0 Å². The van der Waals surface area contributed by atoms with Crippen molar-refractivity contribution in [3.63, 3.8) is 0 Å². The monoisotopic (exact) mass is 351 g/mol. The van der Waals surface area contributed by atoms with E-state index in [2.05, 4.69) is 17.6 Å². The van der Waals surface area contributed by atoms with E-state index in [-0.39, 0.29) is 10.6 Å². The van der Waals surface area contributed by atoms with Crippen molar-refractivity contribution in [1.29, 1.82) is 5.26 Å². The van der Waals surface area contributed by atoms with Gasteiger partial charge in [-0.3, -0.25) is 0 Å². The highest BCUT2D eigenvalue weighted by Crippen LogP contribution is 2.34. The van der Waals surface area contributed by atoms with E-state index in [1.165, 1.54) is 13.3 Å². The summed E-state index contributed by atoms with van der Waals surface area (Å²) in [5.41, 5.74) is 0.729. The third-order valence-corrected chi connectivity index (χ3v) is 5.67. The number of hydrogen-bond donors (Lipinski definition) is 2. The Hall–Kier alpha value is -2.20. The first-order chi connectivity index (χ1) is 11.4. The van der Waals surface area contributed by atoms with Crippen LogP contribution in [0.25, 0.3) is 0 Å². The normalized spacial score (nSPS) is 11.9. The van der Waals surface area contributed by atoms with E-state index in [9.17, 15) is 8.42 Å². The molecule has 0 unspecified atom stereocenters. The number of anilines is 1. The number of nitrogens with one attached hydrogen (secondary N) is 2. The van der Waals surface area contributed by atoms with Crippen molar-refractivity contribution < 1.29 is 13.2 Å². The summed E-state index contributed by atoms with van der Waals surface area (Å²) < 4.78 is 30.5. The van der Waals surface area contributed by atoms with Crippen LogP contribution in [-0.4, -0.2) is 27.3 Å². The number of sulfone groups is 1. The Labute approximate surface area is 144 Å². The van der Waals surface area contributed by atoms with Crippen molar-refractivity contribution >= 4 is 15.5 Å². The minimum Gasteiger partial charge on any atom is -0.495 e. The lowest BCUT2D eigenvalue weighted by atomic mass is 10.3. The van der Waals surface area contributed by atoms with Crippen LogP contribution >= 0.6 is 0 Å². The van der Waals surface area contributed by atoms with E-state index in [1.54, 1.807) is 32.0 Å². The smallest absolute Gasteiger partial charge is 0.186 e. The molecule has 1 aromatic carbocycles. The molecule has 2 N–H and O–H groups in total. The molecule has 0 heterocycles. The molecule has 24 heavy (non-hydrogen) atoms. The fourth-order valence-corrected chi connectivity index (χ4v) is 3.33. The van der Waals surface area contributed by atoms with E-state index in [0.29, 0.717) is 17.9 Å². The third kappa shape index (κ3) is 4.90. The van der Waals surface area contributed by atoms with E-state index >= 15 is 0 Å². The molecule has 1 aromatic rings. The van der Waals surface area contributed by atoms with Gasteiger partial charge in [0.1, 0.15) is 22.4 Å². The average Bonchev–Trinajstić information content (AvgIpc) is 2.57. The Kier molecular flexibility index (Phi) is 7.59. The molecule has 0 bridgehead atoms. The van der Waals surface area contributed by atoms with Crippen molar-refractivity contribution in [2.24, 2.45) is 0 Å². The van der Waals surface area contributed by atoms with Gasteiger partial charge in [0.05, 0.1) is 18.0 Å². The first kappa shape index (κ1) is 19.8. The summed E-state index contributed by atoms with van der Waals surface area (Å²) in [7, 11) is -2.11. The average molecular weight is 351 g/mol. The molecular formula is C17H25N3O3S. The molecule has 0 aliphatic rings. The predicted molar refractivity (Wildman–Crippen MR) is 95.5 cm³/mol. The van der Waals surface area contributed by atoms with Crippen LogP contribution in [0.5, 0.6) is 5.75 Å². The van der Waals surface area contributed by atoms with Gasteiger partial charge in [0.15, 0.2) is 9.84 Å². The van der Waals surface area contributed by atoms with Crippen molar-refractivity contribution in [3.05, 3.63) is 30.1 Å². The Bertz CT molecular complexity index is 719. The van der Waals surface area contributed by atoms with Crippen LogP contribution in [0.1, 0.15) is 33.6 Å². The lowest BCUT2D eigenvalue weighted by molar-refractivity contribution is 0.403. The number of rotatable bonds is 9. The summed E-state index contributed by atoms with van der Waals surface area (Å²) in [6.45, 7) is 5.99. The largest absolute Gasteiger partial charge is 0.495 e. The maximum absolute atomic E-state index is 12.6. The van der Waals surface area contributed by atoms with Gasteiger partial charge in [-0.25, -0.2) is 8.42 Å². The summed E-state index contributed by atoms with van der Waals surface area (Å²) in [5, 5.41) is 14.5. The number of benzene rings is 1. The summed E-state index contributed by atoms with van der Waals surface area (Å²) in [4.78, 5) is 0.101. The first-order valence-corrected chi connectivity index (χ1v) is 9.44. The Balaban J connectivity index is 3.19. The van der Waals surface area contributed by atoms with Crippen LogP contribution < -0.4 is 15.4 Å². The summed E-state index contributed by atoms with van der Waals surface area (Å²) >= 11 is 0. The third-order valence-electron chi connectivity index (χ3n) is 3.44. The van der Waals surface area contributed by atoms with E-state index < -0.39 is 15.1 Å². The van der Waals surface area contributed by atoms with Crippen LogP contribution in [0.15, 0.2) is 35.0 Å². The van der Waals surface area contributed by atoms with Crippen LogP contribution in [-0.2, 0) is 9.84 Å². The molecule has 0 aliphatic carbocycles. The standard InChI is InChI=1S/C17H25N3O3S/c1-5-6-10-19-14(11-18)12-20-15-8-7-9-16(23-4)17(15)24(21,22)13(2)3/h7-9,12-13,19-20H,5-6,10H2,1-4H3/b14-12+. The molecular weight excluding hydrogens is 326 g/mol. The van der Waals surface area contributed by atoms with Crippen LogP contribution in [0.4, 0.5) is 5.69 Å². The van der Waals surface area contributed by atoms with Gasteiger partial charge in [0, 0.05) is 12.7 Å². The predicted octanol–water partition coefficient (Wildman–Crippen LogP) is 3.04. The molecule has 0 aliphatic heterocycles. The number of nitrogens with zero attached hydrogens (tertiary/aromatic N) is 1. The minimum absolute atomic E-state index is 0.101. The Morgan fingerprint density at radius 2 is 2.12 bits per heavy atom. The molecule has 0 aromatic heterocycles. The van der Waals surface area contributed by atoms with Crippen LogP contribution in [0.2, 0.25) is 0 Å². The van der Waals surface area contributed by atoms with E-state index in [4.69, 9.17) is 10.00 Å². The Morgan fingerprint density at radius 1 is 1.42 bits per heavy atom. The zero-order chi connectivity index (χ0) is 18.2. The van der Waals surface area contributed by atoms with Gasteiger partial charge in [-0.1, -0.05) is 19.4 Å². The zero-order valence-corrected chi connectivity index (χ0v) is 15.4. The highest BCUT2D eigenvalue weighted by molar-refractivity contribution is 7.92. The van der Waals surface area contributed by atoms with E-state index in [1.807, 2.05) is 6.07 Å². The van der Waals surface area contributed by atoms with Crippen molar-refractivity contribution in [3.8, 4) is 11.8 Å². The molecule has 0 saturated carbocycles. The first-order valence-electron chi connectivity index (χ1n) is 7.90. The lowest BCUT2D eigenvalue weighted by Crippen LogP contribution is -2.17. The van der Waals surface area contributed by atoms with Crippen LogP contribution in [0, 0.1) is 11.3 Å². The second-order valence-corrected chi connectivity index (χ2v) is 7.97. The zero-order valence-electron chi connectivity index (χ0n) is 14.6. The fourth-order valence-electron chi connectivity index (χ4n) is 1.99. The molecule has 0 spiro atoms. The molecule has 6 nitrogen and oxygen atoms in total. The summed E-state index contributed by atoms with van der Waals surface area (Å²) in [5.74, 6) is 0.277.